The molecule has 0 aromatic carbocycles. The molecule has 0 aliphatic heterocycles. The summed E-state index contributed by atoms with van der Waals surface area (Å²) in [5.74, 6) is 0. The van der Waals surface area contributed by atoms with E-state index >= 15 is 0 Å². The van der Waals surface area contributed by atoms with Crippen LogP contribution >= 0.6 is 0 Å². The van der Waals surface area contributed by atoms with Crippen LogP contribution in [0.1, 0.15) is 0 Å². The monoisotopic (exact) mass is 653 g/mol. The van der Waals surface area contributed by atoms with Crippen LogP contribution in [0.25, 0.3) is 0 Å². The minimum Gasteiger partial charge on any atom is 0 e. The van der Waals surface area contributed by atoms with Gasteiger partial charge in [-0.25, -0.2) is 0 Å². The number of rotatable bonds is 0. The van der Waals surface area contributed by atoms with E-state index < -0.39 is 0 Å². The molecule has 0 N–H and O–H groups in total. The molecule has 0 aromatic heterocycles. The summed E-state index contributed by atoms with van der Waals surface area (Å²) in [4.78, 5) is 0. The van der Waals surface area contributed by atoms with Crippen molar-refractivity contribution in [1.29, 1.82) is 0 Å². The molecular formula is Ga5Rh3. The molecule has 0 spiro atoms. The van der Waals surface area contributed by atoms with Crippen LogP contribution in [0.3, 0.4) is 0 Å². The molecule has 8 heavy (non-hydrogen) atoms. The fraction of sp³-hybridized carbons (Fsp3) is 0. The van der Waals surface area contributed by atoms with Crippen LogP contribution in [0.15, 0.2) is 0 Å². The van der Waals surface area contributed by atoms with Crippen molar-refractivity contribution in [3.63, 3.8) is 0 Å². The molecule has 42 valence electrons. The summed E-state index contributed by atoms with van der Waals surface area (Å²) in [7, 11) is 0. The van der Waals surface area contributed by atoms with Gasteiger partial charge in [0.1, 0.15) is 0 Å². The molecule has 0 nitrogen and oxygen atoms in total. The van der Waals surface area contributed by atoms with Crippen LogP contribution < -0.4 is 0 Å². The second-order valence-corrected chi connectivity index (χ2v) is 0. The Labute approximate surface area is 154 Å². The second-order valence-electron chi connectivity index (χ2n) is 0. The van der Waals surface area contributed by atoms with Gasteiger partial charge >= 0.3 is 0 Å². The van der Waals surface area contributed by atoms with Crippen molar-refractivity contribution in [3.05, 3.63) is 0 Å². The first kappa shape index (κ1) is 74.3. The minimum absolute atomic E-state index is 0. The van der Waals surface area contributed by atoms with Gasteiger partial charge in [0.15, 0.2) is 0 Å². The van der Waals surface area contributed by atoms with Crippen molar-refractivity contribution >= 4 is 99.0 Å². The fourth-order valence-corrected chi connectivity index (χ4v) is 0. The summed E-state index contributed by atoms with van der Waals surface area (Å²) >= 11 is 0. The molecule has 0 atom stereocenters. The molecule has 0 saturated carbocycles. The van der Waals surface area contributed by atoms with Gasteiger partial charge in [-0.15, -0.1) is 0 Å². The van der Waals surface area contributed by atoms with Gasteiger partial charge in [0.25, 0.3) is 0 Å². The molecule has 0 amide bonds. The molecule has 0 fully saturated rings. The first-order valence-electron chi connectivity index (χ1n) is 0. The van der Waals surface area contributed by atoms with E-state index in [4.69, 9.17) is 0 Å². The third-order valence-corrected chi connectivity index (χ3v) is 0. The van der Waals surface area contributed by atoms with Crippen LogP contribution in [0.2, 0.25) is 0 Å². The van der Waals surface area contributed by atoms with Crippen LogP contribution in [-0.4, -0.2) is 99.0 Å². The minimum atomic E-state index is 0. The van der Waals surface area contributed by atoms with Gasteiger partial charge in [0.05, 0.1) is 0 Å². The summed E-state index contributed by atoms with van der Waals surface area (Å²) in [5.41, 5.74) is 0. The summed E-state index contributed by atoms with van der Waals surface area (Å²) in [6, 6.07) is 0. The molecule has 0 bridgehead atoms. The van der Waals surface area contributed by atoms with Crippen LogP contribution in [0, 0.1) is 0 Å². The number of hydrogen-bond acceptors (Lipinski definition) is 0. The van der Waals surface area contributed by atoms with Gasteiger partial charge in [-0.3, -0.25) is 0 Å². The molecule has 18 radical (unpaired) electrons. The Balaban J connectivity index is 0. The van der Waals surface area contributed by atoms with E-state index in [9.17, 15) is 0 Å². The predicted molar refractivity (Wildman–Crippen MR) is 28.8 cm³/mol. The molecule has 0 aliphatic rings. The standard InChI is InChI=1S/5Ga.3Rh. The molecule has 0 heterocycles. The Morgan fingerprint density at radius 1 is 0.250 bits per heavy atom. The smallest absolute Gasteiger partial charge is 0 e. The Morgan fingerprint density at radius 3 is 0.250 bits per heavy atom. The summed E-state index contributed by atoms with van der Waals surface area (Å²) < 4.78 is 0. The van der Waals surface area contributed by atoms with Gasteiger partial charge in [-0.2, -0.15) is 0 Å². The second kappa shape index (κ2) is 57.7. The average Bonchev–Trinajstić information content (AvgIpc) is 0. The van der Waals surface area contributed by atoms with E-state index in [1.54, 1.807) is 0 Å². The van der Waals surface area contributed by atoms with Gasteiger partial charge < -0.3 is 0 Å². The third kappa shape index (κ3) is 43.8. The Bertz CT molecular complexity index is 7.64. The zero-order valence-corrected chi connectivity index (χ0v) is 20.9. The van der Waals surface area contributed by atoms with Gasteiger partial charge in [0, 0.05) is 157 Å². The van der Waals surface area contributed by atoms with E-state index in [1.165, 1.54) is 0 Å². The van der Waals surface area contributed by atoms with Crippen molar-refractivity contribution in [1.82, 2.24) is 0 Å². The summed E-state index contributed by atoms with van der Waals surface area (Å²) in [6.45, 7) is 0. The molecule has 0 unspecified atom stereocenters. The van der Waals surface area contributed by atoms with Crippen molar-refractivity contribution in [2.24, 2.45) is 0 Å². The normalized spacial score (nSPS) is 0. The maximum atomic E-state index is 0. The van der Waals surface area contributed by atoms with E-state index in [-0.39, 0.29) is 157 Å². The Hall–Kier alpha value is 5.05. The maximum absolute atomic E-state index is 0. The van der Waals surface area contributed by atoms with Crippen molar-refractivity contribution in [2.45, 2.75) is 0 Å². The molecular weight excluding hydrogens is 657 g/mol. The Morgan fingerprint density at radius 2 is 0.250 bits per heavy atom. The first-order chi connectivity index (χ1) is 0. The van der Waals surface area contributed by atoms with E-state index in [0.29, 0.717) is 0 Å². The molecule has 0 aromatic rings. The van der Waals surface area contributed by atoms with Crippen LogP contribution in [0.4, 0.5) is 0 Å². The molecule has 8 heteroatoms. The van der Waals surface area contributed by atoms with Crippen molar-refractivity contribution in [2.75, 3.05) is 0 Å². The zero-order valence-electron chi connectivity index (χ0n) is 3.89. The topological polar surface area (TPSA) is 0 Å². The van der Waals surface area contributed by atoms with Gasteiger partial charge in [-0.05, 0) is 0 Å². The Kier molecular flexibility index (Phi) is 536. The van der Waals surface area contributed by atoms with Crippen molar-refractivity contribution < 1.29 is 58.4 Å². The van der Waals surface area contributed by atoms with Gasteiger partial charge in [0.2, 0.25) is 0 Å². The number of hydrogen-bond donors (Lipinski definition) is 0. The molecule has 0 saturated heterocycles. The molecule has 0 aliphatic carbocycles. The third-order valence-electron chi connectivity index (χ3n) is 0. The fourth-order valence-electron chi connectivity index (χ4n) is 0. The zero-order chi connectivity index (χ0) is 0. The predicted octanol–water partition coefficient (Wildman–Crippen LogP) is -1.91. The average molecular weight is 657 g/mol. The largest absolute Gasteiger partial charge is 0 e. The van der Waals surface area contributed by atoms with Crippen LogP contribution in [-0.2, 0) is 58.4 Å². The van der Waals surface area contributed by atoms with Crippen molar-refractivity contribution in [3.8, 4) is 0 Å². The van der Waals surface area contributed by atoms with E-state index in [2.05, 4.69) is 0 Å². The van der Waals surface area contributed by atoms with Crippen LogP contribution in [0.5, 0.6) is 0 Å². The molecule has 0 rings (SSSR count). The van der Waals surface area contributed by atoms with Gasteiger partial charge in [-0.1, -0.05) is 0 Å². The SMILES string of the molecule is [Ga].[Ga].[Ga].[Ga].[Ga].[Rh].[Rh].[Rh]. The summed E-state index contributed by atoms with van der Waals surface area (Å²) in [6.07, 6.45) is 0. The maximum Gasteiger partial charge on any atom is 0 e. The quantitative estimate of drug-likeness (QED) is 0.267. The summed E-state index contributed by atoms with van der Waals surface area (Å²) in [5, 5.41) is 0. The van der Waals surface area contributed by atoms with E-state index in [0.717, 1.165) is 0 Å². The first-order valence-corrected chi connectivity index (χ1v) is 0. The van der Waals surface area contributed by atoms with E-state index in [1.807, 2.05) is 0 Å².